The molecule has 0 bridgehead atoms. The number of benzene rings is 2. The van der Waals surface area contributed by atoms with Crippen LogP contribution in [0.4, 0.5) is 11.4 Å². The number of non-ortho nitro benzene ring substituents is 1. The smallest absolute Gasteiger partial charge is 0.269 e. The molecule has 3 rings (SSSR count). The largest absolute Gasteiger partial charge is 0.327 e. The van der Waals surface area contributed by atoms with Crippen molar-refractivity contribution in [1.82, 2.24) is 4.90 Å². The fourth-order valence-corrected chi connectivity index (χ4v) is 3.36. The van der Waals surface area contributed by atoms with Gasteiger partial charge in [0.15, 0.2) is 0 Å². The molecule has 9 heteroatoms. The summed E-state index contributed by atoms with van der Waals surface area (Å²) in [5, 5.41) is 14.1. The van der Waals surface area contributed by atoms with Crippen LogP contribution in [0.3, 0.4) is 0 Å². The van der Waals surface area contributed by atoms with Crippen LogP contribution in [0.1, 0.15) is 23.2 Å². The van der Waals surface area contributed by atoms with Crippen molar-refractivity contribution in [3.05, 3.63) is 68.2 Å². The second-order valence-corrected chi connectivity index (χ2v) is 6.92. The lowest BCUT2D eigenvalue weighted by molar-refractivity contribution is -0.384. The number of anilines is 1. The number of nitrogens with one attached hydrogen (secondary N) is 1. The number of nitro groups is 1. The average Bonchev–Trinajstić information content (AvgIpc) is 3.13. The molecule has 140 valence electrons. The molecule has 1 N–H and O–H groups in total. The fourth-order valence-electron chi connectivity index (χ4n) is 2.99. The number of rotatable bonds is 4. The Kier molecular flexibility index (Phi) is 5.62. The monoisotopic (exact) mass is 407 g/mol. The molecule has 0 spiro atoms. The first-order valence-corrected chi connectivity index (χ1v) is 8.94. The van der Waals surface area contributed by atoms with E-state index in [4.69, 9.17) is 23.2 Å². The van der Waals surface area contributed by atoms with E-state index in [1.165, 1.54) is 35.2 Å². The summed E-state index contributed by atoms with van der Waals surface area (Å²) in [5.41, 5.74) is 0.603. The molecule has 1 atom stereocenters. The first-order chi connectivity index (χ1) is 12.9. The van der Waals surface area contributed by atoms with Crippen molar-refractivity contribution in [2.24, 2.45) is 0 Å². The van der Waals surface area contributed by atoms with Gasteiger partial charge in [-0.15, -0.1) is 0 Å². The van der Waals surface area contributed by atoms with Gasteiger partial charge in [0.1, 0.15) is 6.04 Å². The first kappa shape index (κ1) is 19.1. The zero-order valence-electron chi connectivity index (χ0n) is 14.0. The van der Waals surface area contributed by atoms with Crippen LogP contribution < -0.4 is 5.32 Å². The van der Waals surface area contributed by atoms with Crippen molar-refractivity contribution in [3.63, 3.8) is 0 Å². The lowest BCUT2D eigenvalue weighted by Crippen LogP contribution is -2.43. The molecule has 27 heavy (non-hydrogen) atoms. The molecule has 1 aliphatic heterocycles. The molecular weight excluding hydrogens is 393 g/mol. The van der Waals surface area contributed by atoms with E-state index < -0.39 is 11.0 Å². The Bertz CT molecular complexity index is 902. The van der Waals surface area contributed by atoms with Crippen molar-refractivity contribution in [1.29, 1.82) is 0 Å². The zero-order valence-corrected chi connectivity index (χ0v) is 15.5. The third-order valence-electron chi connectivity index (χ3n) is 4.32. The maximum absolute atomic E-state index is 12.8. The number of carbonyl (C=O) groups excluding carboxylic acids is 2. The number of hydrogen-bond donors (Lipinski definition) is 1. The second-order valence-electron chi connectivity index (χ2n) is 6.07. The number of hydrogen-bond acceptors (Lipinski definition) is 4. The highest BCUT2D eigenvalue weighted by atomic mass is 35.5. The normalized spacial score (nSPS) is 16.2. The summed E-state index contributed by atoms with van der Waals surface area (Å²) in [7, 11) is 0. The van der Waals surface area contributed by atoms with Crippen LogP contribution in [0.5, 0.6) is 0 Å². The van der Waals surface area contributed by atoms with Gasteiger partial charge in [0.05, 0.1) is 15.5 Å². The van der Waals surface area contributed by atoms with Gasteiger partial charge in [-0.25, -0.2) is 0 Å². The van der Waals surface area contributed by atoms with E-state index in [-0.39, 0.29) is 28.1 Å². The van der Waals surface area contributed by atoms with Gasteiger partial charge in [0.2, 0.25) is 5.91 Å². The van der Waals surface area contributed by atoms with Crippen molar-refractivity contribution in [2.45, 2.75) is 18.9 Å². The molecule has 2 aromatic rings. The summed E-state index contributed by atoms with van der Waals surface area (Å²) in [6.45, 7) is 0.431. The Balaban J connectivity index is 1.75. The highest BCUT2D eigenvalue weighted by Crippen LogP contribution is 2.27. The predicted molar refractivity (Wildman–Crippen MR) is 102 cm³/mol. The highest BCUT2D eigenvalue weighted by molar-refractivity contribution is 6.35. The van der Waals surface area contributed by atoms with Crippen LogP contribution in [0, 0.1) is 10.1 Å². The fraction of sp³-hybridized carbons (Fsp3) is 0.222. The zero-order chi connectivity index (χ0) is 19.6. The molecule has 2 amide bonds. The van der Waals surface area contributed by atoms with Crippen LogP contribution in [0.25, 0.3) is 0 Å². The third-order valence-corrected chi connectivity index (χ3v) is 4.89. The van der Waals surface area contributed by atoms with Crippen LogP contribution in [0.2, 0.25) is 10.0 Å². The minimum absolute atomic E-state index is 0.0683. The van der Waals surface area contributed by atoms with Crippen LogP contribution in [-0.4, -0.2) is 34.2 Å². The van der Waals surface area contributed by atoms with Gasteiger partial charge in [0, 0.05) is 29.4 Å². The van der Waals surface area contributed by atoms with Crippen molar-refractivity contribution in [2.75, 3.05) is 11.9 Å². The van der Waals surface area contributed by atoms with Gasteiger partial charge in [-0.05, 0) is 43.2 Å². The van der Waals surface area contributed by atoms with Crippen molar-refractivity contribution >= 4 is 46.4 Å². The number of carbonyl (C=O) groups is 2. The van der Waals surface area contributed by atoms with E-state index in [1.807, 2.05) is 0 Å². The summed E-state index contributed by atoms with van der Waals surface area (Å²) in [6.07, 6.45) is 1.20. The number of likely N-dealkylation sites (tertiary alicyclic amines) is 1. The number of amides is 2. The Morgan fingerprint density at radius 3 is 2.52 bits per heavy atom. The molecule has 0 aliphatic carbocycles. The summed E-state index contributed by atoms with van der Waals surface area (Å²) in [5.74, 6) is -0.711. The van der Waals surface area contributed by atoms with E-state index in [0.29, 0.717) is 30.1 Å². The van der Waals surface area contributed by atoms with E-state index in [9.17, 15) is 19.7 Å². The van der Waals surface area contributed by atoms with Gasteiger partial charge in [-0.2, -0.15) is 0 Å². The predicted octanol–water partition coefficient (Wildman–Crippen LogP) is 4.14. The molecule has 0 saturated carbocycles. The summed E-state index contributed by atoms with van der Waals surface area (Å²) in [6, 6.07) is 9.47. The van der Waals surface area contributed by atoms with Crippen molar-refractivity contribution in [3.8, 4) is 0 Å². The molecule has 7 nitrogen and oxygen atoms in total. The third kappa shape index (κ3) is 4.20. The number of nitro benzene ring substituents is 1. The molecular formula is C18H15Cl2N3O4. The molecule has 2 aromatic carbocycles. The Labute approximate surface area is 165 Å². The number of nitrogens with zero attached hydrogens (tertiary/aromatic N) is 2. The van der Waals surface area contributed by atoms with Gasteiger partial charge in [-0.3, -0.25) is 19.7 Å². The van der Waals surface area contributed by atoms with Crippen molar-refractivity contribution < 1.29 is 14.5 Å². The lowest BCUT2D eigenvalue weighted by Gasteiger charge is -2.24. The topological polar surface area (TPSA) is 92.5 Å². The molecule has 0 aromatic heterocycles. The van der Waals surface area contributed by atoms with Crippen LogP contribution in [0.15, 0.2) is 42.5 Å². The molecule has 1 heterocycles. The van der Waals surface area contributed by atoms with Gasteiger partial charge < -0.3 is 10.2 Å². The Morgan fingerprint density at radius 2 is 1.85 bits per heavy atom. The second kappa shape index (κ2) is 7.94. The average molecular weight is 408 g/mol. The molecule has 1 aliphatic rings. The Morgan fingerprint density at radius 1 is 1.15 bits per heavy atom. The summed E-state index contributed by atoms with van der Waals surface area (Å²) < 4.78 is 0. The minimum Gasteiger partial charge on any atom is -0.327 e. The van der Waals surface area contributed by atoms with E-state index in [2.05, 4.69) is 5.32 Å². The van der Waals surface area contributed by atoms with Crippen LogP contribution in [-0.2, 0) is 4.79 Å². The van der Waals surface area contributed by atoms with E-state index in [0.717, 1.165) is 0 Å². The highest BCUT2D eigenvalue weighted by Gasteiger charge is 2.35. The minimum atomic E-state index is -0.650. The summed E-state index contributed by atoms with van der Waals surface area (Å²) in [4.78, 5) is 37.1. The quantitative estimate of drug-likeness (QED) is 0.608. The van der Waals surface area contributed by atoms with E-state index >= 15 is 0 Å². The summed E-state index contributed by atoms with van der Waals surface area (Å²) >= 11 is 12.1. The Hall–Kier alpha value is -2.64. The maximum atomic E-state index is 12.8. The molecule has 1 saturated heterocycles. The van der Waals surface area contributed by atoms with Crippen LogP contribution >= 0.6 is 23.2 Å². The molecule has 0 radical (unpaired) electrons. The lowest BCUT2D eigenvalue weighted by atomic mass is 10.1. The first-order valence-electron chi connectivity index (χ1n) is 8.18. The van der Waals surface area contributed by atoms with Gasteiger partial charge in [-0.1, -0.05) is 23.2 Å². The molecule has 1 unspecified atom stereocenters. The maximum Gasteiger partial charge on any atom is 0.269 e. The van der Waals surface area contributed by atoms with Gasteiger partial charge >= 0.3 is 0 Å². The SMILES string of the molecule is O=C(Nc1ccc([N+](=O)[O-])cc1)C1CCCN1C(=O)c1cc(Cl)ccc1Cl. The van der Waals surface area contributed by atoms with Gasteiger partial charge in [0.25, 0.3) is 11.6 Å². The number of halogens is 2. The molecule has 1 fully saturated rings. The standard InChI is InChI=1S/C18H15Cl2N3O4/c19-11-3-8-15(20)14(10-11)18(25)22-9-1-2-16(22)17(24)21-12-4-6-13(7-5-12)23(26)27/h3-8,10,16H,1-2,9H2,(H,21,24). The van der Waals surface area contributed by atoms with E-state index in [1.54, 1.807) is 12.1 Å².